The Kier molecular flexibility index (Phi) is 8.49. The van der Waals surface area contributed by atoms with Gasteiger partial charge in [0.05, 0.1) is 37.2 Å². The monoisotopic (exact) mass is 587 g/mol. The molecule has 0 radical (unpaired) electrons. The van der Waals surface area contributed by atoms with Crippen LogP contribution in [-0.2, 0) is 19.1 Å². The molecule has 3 amide bonds. The highest BCUT2D eigenvalue weighted by Gasteiger charge is 2.78. The fraction of sp³-hybridized carbons (Fsp3) is 0.441. The number of ether oxygens (including phenoxy) is 2. The maximum Gasteiger partial charge on any atom is 0.253 e. The fourth-order valence-electron chi connectivity index (χ4n) is 7.42. The Morgan fingerprint density at radius 1 is 1.05 bits per heavy atom. The quantitative estimate of drug-likeness (QED) is 0.378. The van der Waals surface area contributed by atoms with Crippen LogP contribution in [0.25, 0.3) is 0 Å². The number of aliphatic hydroxyl groups is 1. The fourth-order valence-corrected chi connectivity index (χ4v) is 7.42. The summed E-state index contributed by atoms with van der Waals surface area (Å²) < 4.78 is 12.1. The van der Waals surface area contributed by atoms with Crippen LogP contribution >= 0.6 is 0 Å². The topological polar surface area (TPSA) is 99.6 Å². The summed E-state index contributed by atoms with van der Waals surface area (Å²) in [6.07, 6.45) is 4.68. The van der Waals surface area contributed by atoms with Crippen LogP contribution in [0.15, 0.2) is 79.9 Å². The Morgan fingerprint density at radius 3 is 2.21 bits per heavy atom. The predicted molar refractivity (Wildman–Crippen MR) is 165 cm³/mol. The van der Waals surface area contributed by atoms with Crippen LogP contribution in [-0.4, -0.2) is 77.8 Å². The lowest BCUT2D eigenvalue weighted by atomic mass is 9.66. The van der Waals surface area contributed by atoms with Crippen molar-refractivity contribution in [2.45, 2.75) is 56.4 Å². The summed E-state index contributed by atoms with van der Waals surface area (Å²) in [5.41, 5.74) is -0.863. The van der Waals surface area contributed by atoms with Gasteiger partial charge in [-0.1, -0.05) is 37.3 Å². The molecule has 6 atom stereocenters. The molecule has 5 rings (SSSR count). The second kappa shape index (κ2) is 12.0. The van der Waals surface area contributed by atoms with Gasteiger partial charge in [0.2, 0.25) is 11.8 Å². The van der Waals surface area contributed by atoms with Gasteiger partial charge in [-0.3, -0.25) is 14.4 Å². The Hall–Kier alpha value is -3.95. The van der Waals surface area contributed by atoms with E-state index in [1.54, 1.807) is 53.3 Å². The van der Waals surface area contributed by atoms with Crippen LogP contribution in [0, 0.1) is 11.8 Å². The normalized spacial score (nSPS) is 27.9. The van der Waals surface area contributed by atoms with Crippen LogP contribution in [0.4, 0.5) is 11.4 Å². The molecule has 2 aromatic rings. The van der Waals surface area contributed by atoms with Crippen LogP contribution in [0.5, 0.6) is 5.75 Å². The van der Waals surface area contributed by atoms with Crippen LogP contribution in [0.1, 0.15) is 33.1 Å². The lowest BCUT2D eigenvalue weighted by molar-refractivity contribution is -0.148. The van der Waals surface area contributed by atoms with Gasteiger partial charge in [-0.05, 0) is 62.6 Å². The van der Waals surface area contributed by atoms with Crippen molar-refractivity contribution in [3.8, 4) is 5.75 Å². The number of nitrogens with zero attached hydrogens (tertiary/aromatic N) is 3. The summed E-state index contributed by atoms with van der Waals surface area (Å²) in [4.78, 5) is 48.5. The van der Waals surface area contributed by atoms with E-state index < -0.39 is 35.1 Å². The minimum Gasteiger partial charge on any atom is -0.497 e. The highest BCUT2D eigenvalue weighted by Crippen LogP contribution is 2.64. The largest absolute Gasteiger partial charge is 0.497 e. The molecule has 2 aromatic carbocycles. The molecule has 228 valence electrons. The van der Waals surface area contributed by atoms with E-state index in [4.69, 9.17) is 9.47 Å². The number of para-hydroxylation sites is 1. The van der Waals surface area contributed by atoms with Crippen molar-refractivity contribution in [2.75, 3.05) is 36.6 Å². The number of hydrogen-bond donors (Lipinski definition) is 1. The average Bonchev–Trinajstić information content (AvgIpc) is 3.60. The number of aliphatic hydroxyl groups excluding tert-OH is 1. The van der Waals surface area contributed by atoms with Crippen LogP contribution in [0.3, 0.4) is 0 Å². The SMILES string of the molecule is C=CCN(C(=O)C1N([C@@H](CC)CO)C(=O)[C@@H]2[C@H](C(=O)N(CC=C)c3ccccc3)[C@]3(C)CCC12O3)c1ccc(OC)cc1. The third-order valence-electron chi connectivity index (χ3n) is 9.40. The maximum atomic E-state index is 14.7. The molecule has 3 fully saturated rings. The highest BCUT2D eigenvalue weighted by atomic mass is 16.5. The second-order valence-corrected chi connectivity index (χ2v) is 11.7. The van der Waals surface area contributed by atoms with E-state index in [1.807, 2.05) is 44.2 Å². The summed E-state index contributed by atoms with van der Waals surface area (Å²) in [7, 11) is 1.57. The van der Waals surface area contributed by atoms with Crippen molar-refractivity contribution in [1.82, 2.24) is 4.90 Å². The number of carbonyl (C=O) groups is 3. The van der Waals surface area contributed by atoms with Gasteiger partial charge in [-0.25, -0.2) is 0 Å². The van der Waals surface area contributed by atoms with Crippen molar-refractivity contribution in [1.29, 1.82) is 0 Å². The molecule has 1 spiro atoms. The molecule has 3 aliphatic heterocycles. The Morgan fingerprint density at radius 2 is 1.65 bits per heavy atom. The first-order chi connectivity index (χ1) is 20.7. The minimum atomic E-state index is -1.23. The average molecular weight is 588 g/mol. The van der Waals surface area contributed by atoms with Gasteiger partial charge >= 0.3 is 0 Å². The number of likely N-dealkylation sites (tertiary alicyclic amines) is 1. The maximum absolute atomic E-state index is 14.7. The third kappa shape index (κ3) is 4.84. The number of amides is 3. The molecule has 2 unspecified atom stereocenters. The summed E-state index contributed by atoms with van der Waals surface area (Å²) in [5.74, 6) is -1.97. The predicted octanol–water partition coefficient (Wildman–Crippen LogP) is 3.97. The zero-order chi connectivity index (χ0) is 30.9. The number of methoxy groups -OCH3 is 1. The van der Waals surface area contributed by atoms with E-state index in [0.717, 1.165) is 0 Å². The molecule has 0 aliphatic carbocycles. The van der Waals surface area contributed by atoms with E-state index in [1.165, 1.54) is 4.90 Å². The van der Waals surface area contributed by atoms with E-state index in [9.17, 15) is 19.5 Å². The molecule has 1 N–H and O–H groups in total. The molecule has 43 heavy (non-hydrogen) atoms. The van der Waals surface area contributed by atoms with Gasteiger partial charge in [0.1, 0.15) is 17.4 Å². The smallest absolute Gasteiger partial charge is 0.253 e. The lowest BCUT2D eigenvalue weighted by Crippen LogP contribution is -2.59. The standard InChI is InChI=1S/C34H41N3O6/c1-6-20-35(24-12-10-9-11-13-24)30(39)27-28-31(40)37(23(8-3)22-38)29(34(28)19-18-33(27,4)43-34)32(41)36(21-7-2)25-14-16-26(42-5)17-15-25/h6-7,9-17,23,27-29,38H,1-2,8,18-22H2,3-5H3/t23-,27+,28-,29?,33-,34?/m0/s1. The third-order valence-corrected chi connectivity index (χ3v) is 9.40. The number of carbonyl (C=O) groups excluding carboxylic acids is 3. The molecule has 3 aliphatic rings. The number of benzene rings is 2. The summed E-state index contributed by atoms with van der Waals surface area (Å²) in [5, 5.41) is 10.4. The van der Waals surface area contributed by atoms with Crippen molar-refractivity contribution < 1.29 is 29.0 Å². The first-order valence-electron chi connectivity index (χ1n) is 14.9. The first kappa shape index (κ1) is 30.5. The molecule has 0 saturated carbocycles. The summed E-state index contributed by atoms with van der Waals surface area (Å²) >= 11 is 0. The van der Waals surface area contributed by atoms with Gasteiger partial charge in [0.25, 0.3) is 5.91 Å². The second-order valence-electron chi connectivity index (χ2n) is 11.7. The summed E-state index contributed by atoms with van der Waals surface area (Å²) in [6.45, 7) is 11.6. The zero-order valence-corrected chi connectivity index (χ0v) is 25.1. The lowest BCUT2D eigenvalue weighted by Gasteiger charge is -2.39. The van der Waals surface area contributed by atoms with E-state index in [2.05, 4.69) is 13.2 Å². The number of fused-ring (bicyclic) bond motifs is 1. The zero-order valence-electron chi connectivity index (χ0n) is 25.1. The van der Waals surface area contributed by atoms with Crippen molar-refractivity contribution in [2.24, 2.45) is 11.8 Å². The van der Waals surface area contributed by atoms with Gasteiger partial charge in [0.15, 0.2) is 0 Å². The Labute approximate surface area is 253 Å². The molecule has 9 heteroatoms. The van der Waals surface area contributed by atoms with Gasteiger partial charge in [-0.15, -0.1) is 13.2 Å². The number of anilines is 2. The van der Waals surface area contributed by atoms with Crippen molar-refractivity contribution >= 4 is 29.1 Å². The van der Waals surface area contributed by atoms with E-state index in [0.29, 0.717) is 36.4 Å². The number of rotatable bonds is 12. The first-order valence-corrected chi connectivity index (χ1v) is 14.9. The van der Waals surface area contributed by atoms with Gasteiger partial charge < -0.3 is 29.3 Å². The highest BCUT2D eigenvalue weighted by molar-refractivity contribution is 6.07. The molecular weight excluding hydrogens is 546 g/mol. The molecule has 2 bridgehead atoms. The molecule has 3 saturated heterocycles. The minimum absolute atomic E-state index is 0.196. The van der Waals surface area contributed by atoms with Crippen molar-refractivity contribution in [3.05, 3.63) is 79.9 Å². The molecule has 9 nitrogen and oxygen atoms in total. The Balaban J connectivity index is 1.61. The molecular formula is C34H41N3O6. The molecule has 0 aromatic heterocycles. The van der Waals surface area contributed by atoms with Crippen LogP contribution in [0.2, 0.25) is 0 Å². The molecule has 3 heterocycles. The summed E-state index contributed by atoms with van der Waals surface area (Å²) in [6, 6.07) is 14.8. The van der Waals surface area contributed by atoms with Crippen LogP contribution < -0.4 is 14.5 Å². The van der Waals surface area contributed by atoms with Gasteiger partial charge in [0, 0.05) is 24.5 Å². The van der Waals surface area contributed by atoms with E-state index in [-0.39, 0.29) is 37.4 Å². The van der Waals surface area contributed by atoms with E-state index >= 15 is 0 Å². The Bertz CT molecular complexity index is 1380. The number of hydrogen-bond acceptors (Lipinski definition) is 6. The van der Waals surface area contributed by atoms with Crippen molar-refractivity contribution in [3.63, 3.8) is 0 Å². The van der Waals surface area contributed by atoms with Gasteiger partial charge in [-0.2, -0.15) is 0 Å².